The minimum absolute atomic E-state index is 0.0463. The fraction of sp³-hybridized carbons (Fsp3) is 0.0909. The predicted octanol–water partition coefficient (Wildman–Crippen LogP) is 0.924. The smallest absolute Gasteiger partial charge is 0.356 e. The Morgan fingerprint density at radius 2 is 2.17 bits per heavy atom. The van der Waals surface area contributed by atoms with E-state index in [1.807, 2.05) is 0 Å². The molecule has 18 heavy (non-hydrogen) atoms. The summed E-state index contributed by atoms with van der Waals surface area (Å²) in [5.41, 5.74) is 1.03. The molecule has 0 radical (unpaired) electrons. The van der Waals surface area contributed by atoms with E-state index < -0.39 is 5.97 Å². The van der Waals surface area contributed by atoms with Gasteiger partial charge in [-0.15, -0.1) is 5.10 Å². The maximum absolute atomic E-state index is 10.9. The van der Waals surface area contributed by atoms with E-state index in [0.717, 1.165) is 6.20 Å². The van der Waals surface area contributed by atoms with Crippen LogP contribution in [0.25, 0.3) is 5.69 Å². The highest BCUT2D eigenvalue weighted by atomic mass is 16.4. The molecule has 1 heterocycles. The molecular weight excluding hydrogens is 236 g/mol. The molecule has 0 fully saturated rings. The summed E-state index contributed by atoms with van der Waals surface area (Å²) < 4.78 is 1.19. The lowest BCUT2D eigenvalue weighted by Gasteiger charge is -2.06. The van der Waals surface area contributed by atoms with E-state index in [2.05, 4.69) is 15.6 Å². The largest absolute Gasteiger partial charge is 0.476 e. The molecule has 0 unspecified atom stereocenters. The van der Waals surface area contributed by atoms with Crippen LogP contribution < -0.4 is 5.32 Å². The first-order valence-corrected chi connectivity index (χ1v) is 5.10. The van der Waals surface area contributed by atoms with Crippen molar-refractivity contribution < 1.29 is 14.7 Å². The summed E-state index contributed by atoms with van der Waals surface area (Å²) in [7, 11) is 0. The van der Waals surface area contributed by atoms with Gasteiger partial charge in [-0.25, -0.2) is 9.48 Å². The number of aromatic carboxylic acids is 1. The second-order valence-electron chi connectivity index (χ2n) is 3.57. The van der Waals surface area contributed by atoms with Crippen LogP contribution in [0.4, 0.5) is 5.69 Å². The van der Waals surface area contributed by atoms with Gasteiger partial charge in [0.2, 0.25) is 5.91 Å². The van der Waals surface area contributed by atoms with Crippen molar-refractivity contribution in [3.63, 3.8) is 0 Å². The van der Waals surface area contributed by atoms with Gasteiger partial charge in [-0.2, -0.15) is 0 Å². The maximum Gasteiger partial charge on any atom is 0.356 e. The van der Waals surface area contributed by atoms with Crippen LogP contribution in [0.15, 0.2) is 30.5 Å². The van der Waals surface area contributed by atoms with Gasteiger partial charge in [0.15, 0.2) is 5.69 Å². The first-order chi connectivity index (χ1) is 8.58. The Morgan fingerprint density at radius 3 is 2.83 bits per heavy atom. The van der Waals surface area contributed by atoms with Crippen molar-refractivity contribution in [2.75, 3.05) is 5.32 Å². The highest BCUT2D eigenvalue weighted by Crippen LogP contribution is 2.15. The van der Waals surface area contributed by atoms with Crippen LogP contribution in [0.2, 0.25) is 0 Å². The minimum atomic E-state index is -1.12. The SMILES string of the molecule is CC(=O)Nc1cccc(-n2nncc2C(=O)O)c1. The molecule has 0 bridgehead atoms. The lowest BCUT2D eigenvalue weighted by molar-refractivity contribution is -0.114. The van der Waals surface area contributed by atoms with Gasteiger partial charge in [0, 0.05) is 12.6 Å². The molecule has 0 aliphatic carbocycles. The van der Waals surface area contributed by atoms with Crippen LogP contribution in [0, 0.1) is 0 Å². The van der Waals surface area contributed by atoms with E-state index in [-0.39, 0.29) is 11.6 Å². The molecule has 2 N–H and O–H groups in total. The highest BCUT2D eigenvalue weighted by molar-refractivity contribution is 5.89. The predicted molar refractivity (Wildman–Crippen MR) is 62.6 cm³/mol. The van der Waals surface area contributed by atoms with Gasteiger partial charge in [0.25, 0.3) is 0 Å². The molecule has 0 aliphatic rings. The highest BCUT2D eigenvalue weighted by Gasteiger charge is 2.13. The lowest BCUT2D eigenvalue weighted by atomic mass is 10.2. The molecule has 2 rings (SSSR count). The molecule has 0 aliphatic heterocycles. The van der Waals surface area contributed by atoms with Gasteiger partial charge in [-0.3, -0.25) is 4.79 Å². The minimum Gasteiger partial charge on any atom is -0.476 e. The first kappa shape index (κ1) is 11.8. The van der Waals surface area contributed by atoms with Crippen LogP contribution in [-0.4, -0.2) is 32.0 Å². The van der Waals surface area contributed by atoms with Crippen molar-refractivity contribution in [3.8, 4) is 5.69 Å². The van der Waals surface area contributed by atoms with Crippen molar-refractivity contribution in [1.29, 1.82) is 0 Å². The quantitative estimate of drug-likeness (QED) is 0.839. The van der Waals surface area contributed by atoms with E-state index in [0.29, 0.717) is 11.4 Å². The van der Waals surface area contributed by atoms with Crippen molar-refractivity contribution in [1.82, 2.24) is 15.0 Å². The Hall–Kier alpha value is -2.70. The van der Waals surface area contributed by atoms with Gasteiger partial charge in [0.05, 0.1) is 11.9 Å². The average molecular weight is 246 g/mol. The normalized spacial score (nSPS) is 10.1. The number of carbonyl (C=O) groups excluding carboxylic acids is 1. The molecule has 2 aromatic rings. The van der Waals surface area contributed by atoms with Crippen LogP contribution in [-0.2, 0) is 4.79 Å². The fourth-order valence-corrected chi connectivity index (χ4v) is 1.49. The summed E-state index contributed by atoms with van der Waals surface area (Å²) in [6.07, 6.45) is 1.16. The molecule has 1 aromatic heterocycles. The fourth-order valence-electron chi connectivity index (χ4n) is 1.49. The van der Waals surface area contributed by atoms with Crippen molar-refractivity contribution in [3.05, 3.63) is 36.2 Å². The molecule has 0 spiro atoms. The summed E-state index contributed by atoms with van der Waals surface area (Å²) in [4.78, 5) is 21.9. The summed E-state index contributed by atoms with van der Waals surface area (Å²) in [6.45, 7) is 1.39. The van der Waals surface area contributed by atoms with Crippen LogP contribution in [0.5, 0.6) is 0 Å². The number of carboxylic acid groups (broad SMARTS) is 1. The third-order valence-corrected chi connectivity index (χ3v) is 2.18. The number of rotatable bonds is 3. The Bertz CT molecular complexity index is 606. The second-order valence-corrected chi connectivity index (χ2v) is 3.57. The van der Waals surface area contributed by atoms with Gasteiger partial charge in [0.1, 0.15) is 0 Å². The Balaban J connectivity index is 2.41. The third kappa shape index (κ3) is 2.34. The average Bonchev–Trinajstić information content (AvgIpc) is 2.77. The zero-order valence-corrected chi connectivity index (χ0v) is 9.49. The maximum atomic E-state index is 10.9. The number of hydrogen-bond donors (Lipinski definition) is 2. The van der Waals surface area contributed by atoms with Gasteiger partial charge < -0.3 is 10.4 Å². The molecule has 0 saturated carbocycles. The topological polar surface area (TPSA) is 97.1 Å². The monoisotopic (exact) mass is 246 g/mol. The molecule has 7 heteroatoms. The van der Waals surface area contributed by atoms with Crippen LogP contribution >= 0.6 is 0 Å². The molecule has 92 valence electrons. The molecule has 1 amide bonds. The Morgan fingerprint density at radius 1 is 1.39 bits per heavy atom. The van der Waals surface area contributed by atoms with Crippen LogP contribution in [0.1, 0.15) is 17.4 Å². The molecule has 1 aromatic carbocycles. The number of anilines is 1. The van der Waals surface area contributed by atoms with E-state index in [1.165, 1.54) is 11.6 Å². The van der Waals surface area contributed by atoms with E-state index in [9.17, 15) is 9.59 Å². The van der Waals surface area contributed by atoms with E-state index in [1.54, 1.807) is 24.3 Å². The van der Waals surface area contributed by atoms with Crippen LogP contribution in [0.3, 0.4) is 0 Å². The molecule has 0 saturated heterocycles. The van der Waals surface area contributed by atoms with Crippen molar-refractivity contribution >= 4 is 17.6 Å². The molecule has 0 atom stereocenters. The Kier molecular flexibility index (Phi) is 3.05. The summed E-state index contributed by atoms with van der Waals surface area (Å²) in [5.74, 6) is -1.32. The number of amides is 1. The van der Waals surface area contributed by atoms with Gasteiger partial charge >= 0.3 is 5.97 Å². The zero-order chi connectivity index (χ0) is 13.1. The number of hydrogen-bond acceptors (Lipinski definition) is 4. The number of benzene rings is 1. The number of aromatic nitrogens is 3. The summed E-state index contributed by atoms with van der Waals surface area (Å²) in [6, 6.07) is 6.67. The summed E-state index contributed by atoms with van der Waals surface area (Å²) in [5, 5.41) is 18.8. The zero-order valence-electron chi connectivity index (χ0n) is 9.49. The Labute approximate surface area is 102 Å². The second kappa shape index (κ2) is 4.66. The van der Waals surface area contributed by atoms with Crippen molar-refractivity contribution in [2.45, 2.75) is 6.92 Å². The van der Waals surface area contributed by atoms with E-state index >= 15 is 0 Å². The van der Waals surface area contributed by atoms with Gasteiger partial charge in [-0.1, -0.05) is 11.3 Å². The van der Waals surface area contributed by atoms with E-state index in [4.69, 9.17) is 5.11 Å². The molecule has 7 nitrogen and oxygen atoms in total. The number of nitrogens with one attached hydrogen (secondary N) is 1. The number of nitrogens with zero attached hydrogens (tertiary/aromatic N) is 3. The first-order valence-electron chi connectivity index (χ1n) is 5.10. The number of carboxylic acids is 1. The van der Waals surface area contributed by atoms with Gasteiger partial charge in [-0.05, 0) is 18.2 Å². The standard InChI is InChI=1S/C11H10N4O3/c1-7(16)13-8-3-2-4-9(5-8)15-10(11(17)18)6-12-14-15/h2-6H,1H3,(H,13,16)(H,17,18). The molecular formula is C11H10N4O3. The lowest BCUT2D eigenvalue weighted by Crippen LogP contribution is -2.09. The summed E-state index contributed by atoms with van der Waals surface area (Å²) >= 11 is 0. The van der Waals surface area contributed by atoms with Crippen molar-refractivity contribution in [2.24, 2.45) is 0 Å². The third-order valence-electron chi connectivity index (χ3n) is 2.18. The number of carbonyl (C=O) groups is 2.